The second-order valence-electron chi connectivity index (χ2n) is 5.25. The van der Waals surface area contributed by atoms with Crippen molar-refractivity contribution in [2.24, 2.45) is 5.41 Å². The lowest BCUT2D eigenvalue weighted by Gasteiger charge is -2.24. The third kappa shape index (κ3) is 5.46. The summed E-state index contributed by atoms with van der Waals surface area (Å²) in [5, 5.41) is 3.13. The SMILES string of the molecule is CNCCC(C)(C)COCc1cc(Br)ccc1F. The van der Waals surface area contributed by atoms with E-state index in [1.165, 1.54) is 6.07 Å². The number of benzene rings is 1. The fourth-order valence-electron chi connectivity index (χ4n) is 1.63. The number of ether oxygens (including phenoxy) is 1. The van der Waals surface area contributed by atoms with Gasteiger partial charge in [0, 0.05) is 10.0 Å². The van der Waals surface area contributed by atoms with Crippen LogP contribution in [0.3, 0.4) is 0 Å². The monoisotopic (exact) mass is 317 g/mol. The van der Waals surface area contributed by atoms with Crippen LogP contribution in [-0.2, 0) is 11.3 Å². The van der Waals surface area contributed by atoms with E-state index in [9.17, 15) is 4.39 Å². The molecule has 0 aliphatic carbocycles. The molecule has 0 atom stereocenters. The van der Waals surface area contributed by atoms with Gasteiger partial charge in [-0.15, -0.1) is 0 Å². The summed E-state index contributed by atoms with van der Waals surface area (Å²) in [6.45, 7) is 6.21. The summed E-state index contributed by atoms with van der Waals surface area (Å²) in [6.07, 6.45) is 1.03. The Labute approximate surface area is 117 Å². The van der Waals surface area contributed by atoms with Gasteiger partial charge in [0.05, 0.1) is 13.2 Å². The minimum absolute atomic E-state index is 0.103. The zero-order valence-electron chi connectivity index (χ0n) is 11.2. The lowest BCUT2D eigenvalue weighted by Crippen LogP contribution is -2.24. The molecule has 0 heterocycles. The molecule has 0 aromatic heterocycles. The number of hydrogen-bond donors (Lipinski definition) is 1. The van der Waals surface area contributed by atoms with Crippen LogP contribution in [0.4, 0.5) is 4.39 Å². The third-order valence-corrected chi connectivity index (χ3v) is 3.30. The van der Waals surface area contributed by atoms with Gasteiger partial charge in [-0.3, -0.25) is 0 Å². The summed E-state index contributed by atoms with van der Waals surface area (Å²) < 4.78 is 20.0. The quantitative estimate of drug-likeness (QED) is 0.827. The average molecular weight is 318 g/mol. The topological polar surface area (TPSA) is 21.3 Å². The molecule has 0 fully saturated rings. The minimum atomic E-state index is -0.216. The Morgan fingerprint density at radius 2 is 2.11 bits per heavy atom. The molecule has 4 heteroatoms. The Morgan fingerprint density at radius 3 is 2.78 bits per heavy atom. The Hall–Kier alpha value is -0.450. The fraction of sp³-hybridized carbons (Fsp3) is 0.571. The molecule has 0 saturated heterocycles. The van der Waals surface area contributed by atoms with Crippen molar-refractivity contribution in [1.29, 1.82) is 0 Å². The number of rotatable bonds is 7. The molecule has 18 heavy (non-hydrogen) atoms. The molecule has 1 aromatic carbocycles. The summed E-state index contributed by atoms with van der Waals surface area (Å²) in [4.78, 5) is 0. The molecule has 1 N–H and O–H groups in total. The molecule has 0 amide bonds. The predicted molar refractivity (Wildman–Crippen MR) is 76.1 cm³/mol. The van der Waals surface area contributed by atoms with Crippen molar-refractivity contribution < 1.29 is 9.13 Å². The number of halogens is 2. The van der Waals surface area contributed by atoms with Gasteiger partial charge in [-0.05, 0) is 43.6 Å². The van der Waals surface area contributed by atoms with Crippen molar-refractivity contribution in [3.63, 3.8) is 0 Å². The van der Waals surface area contributed by atoms with E-state index < -0.39 is 0 Å². The second-order valence-corrected chi connectivity index (χ2v) is 6.16. The zero-order valence-corrected chi connectivity index (χ0v) is 12.8. The van der Waals surface area contributed by atoms with E-state index in [0.717, 1.165) is 17.4 Å². The second kappa shape index (κ2) is 7.22. The van der Waals surface area contributed by atoms with E-state index in [1.807, 2.05) is 7.05 Å². The summed E-state index contributed by atoms with van der Waals surface area (Å²) >= 11 is 3.33. The lowest BCUT2D eigenvalue weighted by atomic mass is 9.90. The van der Waals surface area contributed by atoms with Crippen molar-refractivity contribution in [2.45, 2.75) is 26.9 Å². The van der Waals surface area contributed by atoms with Crippen LogP contribution in [0.15, 0.2) is 22.7 Å². The smallest absolute Gasteiger partial charge is 0.128 e. The normalized spacial score (nSPS) is 11.8. The van der Waals surface area contributed by atoms with Gasteiger partial charge in [0.25, 0.3) is 0 Å². The van der Waals surface area contributed by atoms with Crippen LogP contribution in [0.25, 0.3) is 0 Å². The molecular formula is C14H21BrFNO. The van der Waals surface area contributed by atoms with Gasteiger partial charge in [0.1, 0.15) is 5.82 Å². The standard InChI is InChI=1S/C14H21BrFNO/c1-14(2,6-7-17-3)10-18-9-11-8-12(15)4-5-13(11)16/h4-5,8,17H,6-7,9-10H2,1-3H3. The first kappa shape index (κ1) is 15.6. The summed E-state index contributed by atoms with van der Waals surface area (Å²) in [7, 11) is 1.94. The minimum Gasteiger partial charge on any atom is -0.376 e. The van der Waals surface area contributed by atoms with Gasteiger partial charge >= 0.3 is 0 Å². The van der Waals surface area contributed by atoms with Crippen LogP contribution in [0.1, 0.15) is 25.8 Å². The highest BCUT2D eigenvalue weighted by molar-refractivity contribution is 9.10. The maximum absolute atomic E-state index is 13.5. The molecule has 0 bridgehead atoms. The van der Waals surface area contributed by atoms with Crippen molar-refractivity contribution in [2.75, 3.05) is 20.2 Å². The van der Waals surface area contributed by atoms with E-state index in [2.05, 4.69) is 35.1 Å². The largest absolute Gasteiger partial charge is 0.376 e. The van der Waals surface area contributed by atoms with Gasteiger partial charge in [-0.2, -0.15) is 0 Å². The van der Waals surface area contributed by atoms with Crippen molar-refractivity contribution in [3.05, 3.63) is 34.1 Å². The lowest BCUT2D eigenvalue weighted by molar-refractivity contribution is 0.0461. The summed E-state index contributed by atoms with van der Waals surface area (Å²) in [5.41, 5.74) is 0.694. The van der Waals surface area contributed by atoms with Crippen molar-refractivity contribution >= 4 is 15.9 Å². The number of nitrogens with one attached hydrogen (secondary N) is 1. The van der Waals surface area contributed by atoms with E-state index in [-0.39, 0.29) is 11.2 Å². The average Bonchev–Trinajstić information content (AvgIpc) is 2.31. The highest BCUT2D eigenvalue weighted by Crippen LogP contribution is 2.22. The summed E-state index contributed by atoms with van der Waals surface area (Å²) in [6, 6.07) is 4.90. The molecule has 0 radical (unpaired) electrons. The molecule has 0 unspecified atom stereocenters. The zero-order chi connectivity index (χ0) is 13.6. The molecule has 1 aromatic rings. The van der Waals surface area contributed by atoms with E-state index in [1.54, 1.807) is 12.1 Å². The van der Waals surface area contributed by atoms with Gasteiger partial charge in [-0.25, -0.2) is 4.39 Å². The maximum atomic E-state index is 13.5. The summed E-state index contributed by atoms with van der Waals surface area (Å²) in [5.74, 6) is -0.216. The predicted octanol–water partition coefficient (Wildman–Crippen LogP) is 3.74. The van der Waals surface area contributed by atoms with Crippen LogP contribution in [0, 0.1) is 11.2 Å². The van der Waals surface area contributed by atoms with Crippen molar-refractivity contribution in [1.82, 2.24) is 5.32 Å². The Morgan fingerprint density at radius 1 is 1.39 bits per heavy atom. The molecule has 0 aliphatic heterocycles. The van der Waals surface area contributed by atoms with Gasteiger partial charge in [0.15, 0.2) is 0 Å². The molecule has 0 spiro atoms. The Balaban J connectivity index is 2.43. The maximum Gasteiger partial charge on any atom is 0.128 e. The van der Waals surface area contributed by atoms with E-state index >= 15 is 0 Å². The van der Waals surface area contributed by atoms with E-state index in [4.69, 9.17) is 4.74 Å². The molecule has 1 rings (SSSR count). The Kier molecular flexibility index (Phi) is 6.26. The molecule has 2 nitrogen and oxygen atoms in total. The van der Waals surface area contributed by atoms with Crippen LogP contribution in [0.5, 0.6) is 0 Å². The van der Waals surface area contributed by atoms with Gasteiger partial charge in [-0.1, -0.05) is 29.8 Å². The van der Waals surface area contributed by atoms with Gasteiger partial charge in [0.2, 0.25) is 0 Å². The molecule has 102 valence electrons. The van der Waals surface area contributed by atoms with Crippen LogP contribution in [-0.4, -0.2) is 20.2 Å². The van der Waals surface area contributed by atoms with Crippen LogP contribution < -0.4 is 5.32 Å². The first-order valence-electron chi connectivity index (χ1n) is 6.11. The van der Waals surface area contributed by atoms with Crippen LogP contribution >= 0.6 is 15.9 Å². The highest BCUT2D eigenvalue weighted by atomic mass is 79.9. The first-order valence-corrected chi connectivity index (χ1v) is 6.90. The fourth-order valence-corrected chi connectivity index (χ4v) is 2.04. The third-order valence-electron chi connectivity index (χ3n) is 2.81. The van der Waals surface area contributed by atoms with Gasteiger partial charge < -0.3 is 10.1 Å². The number of hydrogen-bond acceptors (Lipinski definition) is 2. The molecule has 0 aliphatic rings. The van der Waals surface area contributed by atoms with Crippen molar-refractivity contribution in [3.8, 4) is 0 Å². The Bertz CT molecular complexity index is 382. The molecule has 0 saturated carbocycles. The highest BCUT2D eigenvalue weighted by Gasteiger charge is 2.17. The molecular weight excluding hydrogens is 297 g/mol. The first-order chi connectivity index (χ1) is 8.44. The van der Waals surface area contributed by atoms with E-state index in [0.29, 0.717) is 18.8 Å². The van der Waals surface area contributed by atoms with Crippen LogP contribution in [0.2, 0.25) is 0 Å².